The van der Waals surface area contributed by atoms with Crippen LogP contribution in [0, 0.1) is 10.1 Å². The molecule has 0 saturated heterocycles. The van der Waals surface area contributed by atoms with Crippen LogP contribution < -0.4 is 5.73 Å². The first kappa shape index (κ1) is 15.8. The lowest BCUT2D eigenvalue weighted by Gasteiger charge is -2.17. The van der Waals surface area contributed by atoms with Crippen LogP contribution >= 0.6 is 11.6 Å². The molecule has 0 radical (unpaired) electrons. The van der Waals surface area contributed by atoms with Gasteiger partial charge < -0.3 is 10.6 Å². The smallest absolute Gasteiger partial charge is 0.292 e. The van der Waals surface area contributed by atoms with E-state index in [1.54, 1.807) is 25.2 Å². The highest BCUT2D eigenvalue weighted by atomic mass is 35.5. The monoisotopic (exact) mass is 319 g/mol. The minimum Gasteiger partial charge on any atom is -0.393 e. The van der Waals surface area contributed by atoms with Crippen LogP contribution in [-0.4, -0.2) is 22.8 Å². The maximum atomic E-state index is 12.3. The summed E-state index contributed by atoms with van der Waals surface area (Å²) < 4.78 is 0. The molecule has 0 unspecified atom stereocenters. The molecule has 0 heterocycles. The number of benzene rings is 2. The molecule has 22 heavy (non-hydrogen) atoms. The van der Waals surface area contributed by atoms with Gasteiger partial charge in [0.05, 0.1) is 4.92 Å². The molecule has 0 aliphatic heterocycles. The number of hydrogen-bond acceptors (Lipinski definition) is 4. The molecule has 0 aromatic heterocycles. The molecule has 2 aromatic carbocycles. The normalized spacial score (nSPS) is 10.3. The van der Waals surface area contributed by atoms with Gasteiger partial charge in [0.15, 0.2) is 0 Å². The van der Waals surface area contributed by atoms with E-state index in [-0.39, 0.29) is 22.8 Å². The Bertz CT molecular complexity index is 734. The summed E-state index contributed by atoms with van der Waals surface area (Å²) in [5.74, 6) is -0.330. The molecule has 2 aromatic rings. The van der Waals surface area contributed by atoms with Crippen molar-refractivity contribution in [2.24, 2.45) is 0 Å². The Morgan fingerprint density at radius 2 is 2.05 bits per heavy atom. The maximum Gasteiger partial charge on any atom is 0.292 e. The molecular formula is C15H14ClN3O3. The van der Waals surface area contributed by atoms with Gasteiger partial charge in [-0.05, 0) is 29.8 Å². The Hall–Kier alpha value is -2.60. The molecule has 114 valence electrons. The fourth-order valence-electron chi connectivity index (χ4n) is 2.04. The molecule has 6 nitrogen and oxygen atoms in total. The van der Waals surface area contributed by atoms with E-state index in [2.05, 4.69) is 0 Å². The fraction of sp³-hybridized carbons (Fsp3) is 0.133. The van der Waals surface area contributed by atoms with Crippen molar-refractivity contribution >= 4 is 28.9 Å². The first-order valence-electron chi connectivity index (χ1n) is 6.42. The molecule has 0 fully saturated rings. The molecule has 2 rings (SSSR count). The van der Waals surface area contributed by atoms with E-state index in [0.717, 1.165) is 5.56 Å². The summed E-state index contributed by atoms with van der Waals surface area (Å²) in [5, 5.41) is 11.5. The third-order valence-electron chi connectivity index (χ3n) is 3.13. The van der Waals surface area contributed by atoms with E-state index in [9.17, 15) is 14.9 Å². The van der Waals surface area contributed by atoms with Gasteiger partial charge in [-0.3, -0.25) is 14.9 Å². The van der Waals surface area contributed by atoms with Crippen molar-refractivity contribution in [2.45, 2.75) is 6.54 Å². The molecule has 2 N–H and O–H groups in total. The summed E-state index contributed by atoms with van der Waals surface area (Å²) in [6.07, 6.45) is 0. The first-order valence-corrected chi connectivity index (χ1v) is 6.80. The number of nitrogen functional groups attached to an aromatic ring is 1. The van der Waals surface area contributed by atoms with Crippen LogP contribution in [0.4, 0.5) is 11.4 Å². The van der Waals surface area contributed by atoms with Crippen LogP contribution in [0.3, 0.4) is 0 Å². The Balaban J connectivity index is 2.20. The predicted molar refractivity (Wildman–Crippen MR) is 84.8 cm³/mol. The van der Waals surface area contributed by atoms with E-state index in [4.69, 9.17) is 17.3 Å². The van der Waals surface area contributed by atoms with Crippen molar-refractivity contribution in [3.63, 3.8) is 0 Å². The number of anilines is 1. The number of nitro benzene ring substituents is 1. The second-order valence-electron chi connectivity index (χ2n) is 4.82. The van der Waals surface area contributed by atoms with Gasteiger partial charge in [-0.25, -0.2) is 0 Å². The molecule has 1 amide bonds. The van der Waals surface area contributed by atoms with Gasteiger partial charge in [-0.15, -0.1) is 0 Å². The van der Waals surface area contributed by atoms with Crippen LogP contribution in [0.5, 0.6) is 0 Å². The number of amides is 1. The van der Waals surface area contributed by atoms with Crippen LogP contribution in [0.25, 0.3) is 0 Å². The van der Waals surface area contributed by atoms with Gasteiger partial charge in [0, 0.05) is 30.2 Å². The highest BCUT2D eigenvalue weighted by Gasteiger charge is 2.18. The number of nitrogens with two attached hydrogens (primary N) is 1. The van der Waals surface area contributed by atoms with Crippen LogP contribution in [0.15, 0.2) is 42.5 Å². The van der Waals surface area contributed by atoms with E-state index in [1.807, 2.05) is 6.07 Å². The summed E-state index contributed by atoms with van der Waals surface area (Å²) >= 11 is 5.91. The number of nitrogens with zero attached hydrogens (tertiary/aromatic N) is 2. The zero-order chi connectivity index (χ0) is 16.3. The van der Waals surface area contributed by atoms with Crippen molar-refractivity contribution in [3.05, 3.63) is 68.7 Å². The van der Waals surface area contributed by atoms with E-state index in [1.165, 1.54) is 23.1 Å². The summed E-state index contributed by atoms with van der Waals surface area (Å²) in [4.78, 5) is 24.1. The van der Waals surface area contributed by atoms with Crippen molar-refractivity contribution in [1.29, 1.82) is 0 Å². The quantitative estimate of drug-likeness (QED) is 0.532. The average Bonchev–Trinajstić information content (AvgIpc) is 2.46. The Morgan fingerprint density at radius 1 is 1.32 bits per heavy atom. The number of halogens is 1. The summed E-state index contributed by atoms with van der Waals surface area (Å²) in [6.45, 7) is 0.345. The van der Waals surface area contributed by atoms with Crippen LogP contribution in [0.2, 0.25) is 5.02 Å². The second-order valence-corrected chi connectivity index (χ2v) is 5.26. The van der Waals surface area contributed by atoms with Gasteiger partial charge in [0.25, 0.3) is 11.6 Å². The lowest BCUT2D eigenvalue weighted by atomic mass is 10.1. The lowest BCUT2D eigenvalue weighted by molar-refractivity contribution is -0.383. The Labute approximate surface area is 132 Å². The first-order chi connectivity index (χ1) is 10.4. The highest BCUT2D eigenvalue weighted by Crippen LogP contribution is 2.23. The summed E-state index contributed by atoms with van der Waals surface area (Å²) in [7, 11) is 1.62. The SMILES string of the molecule is CN(Cc1cccc(Cl)c1)C(=O)c1ccc(N)c([N+](=O)[O-])c1. The standard InChI is InChI=1S/C15H14ClN3O3/c1-18(9-10-3-2-4-12(16)7-10)15(20)11-5-6-13(17)14(8-11)19(21)22/h2-8H,9,17H2,1H3. The highest BCUT2D eigenvalue weighted by molar-refractivity contribution is 6.30. The maximum absolute atomic E-state index is 12.3. The molecule has 0 aliphatic carbocycles. The molecule has 0 atom stereocenters. The summed E-state index contributed by atoms with van der Waals surface area (Å²) in [6, 6.07) is 11.2. The molecule has 7 heteroatoms. The van der Waals surface area contributed by atoms with Gasteiger partial charge in [0.2, 0.25) is 0 Å². The number of nitro groups is 1. The van der Waals surface area contributed by atoms with Crippen LogP contribution in [0.1, 0.15) is 15.9 Å². The number of carbonyl (C=O) groups is 1. The minimum atomic E-state index is -0.608. The van der Waals surface area contributed by atoms with Gasteiger partial charge in [0.1, 0.15) is 5.69 Å². The predicted octanol–water partition coefficient (Wildman–Crippen LogP) is 3.10. The molecule has 0 spiro atoms. The van der Waals surface area contributed by atoms with Crippen LogP contribution in [-0.2, 0) is 6.54 Å². The Kier molecular flexibility index (Phi) is 4.62. The number of hydrogen-bond donors (Lipinski definition) is 1. The van der Waals surface area contributed by atoms with Gasteiger partial charge in [-0.2, -0.15) is 0 Å². The second kappa shape index (κ2) is 6.44. The lowest BCUT2D eigenvalue weighted by Crippen LogP contribution is -2.26. The van der Waals surface area contributed by atoms with E-state index in [0.29, 0.717) is 11.6 Å². The molecular weight excluding hydrogens is 306 g/mol. The zero-order valence-electron chi connectivity index (χ0n) is 11.8. The topological polar surface area (TPSA) is 89.5 Å². The minimum absolute atomic E-state index is 0.0269. The average molecular weight is 320 g/mol. The fourth-order valence-corrected chi connectivity index (χ4v) is 2.25. The van der Waals surface area contributed by atoms with E-state index >= 15 is 0 Å². The van der Waals surface area contributed by atoms with E-state index < -0.39 is 4.92 Å². The van der Waals surface area contributed by atoms with Crippen molar-refractivity contribution < 1.29 is 9.72 Å². The third kappa shape index (κ3) is 3.53. The Morgan fingerprint density at radius 3 is 2.68 bits per heavy atom. The molecule has 0 aliphatic rings. The number of rotatable bonds is 4. The van der Waals surface area contributed by atoms with Gasteiger partial charge in [-0.1, -0.05) is 23.7 Å². The number of carbonyl (C=O) groups excluding carboxylic acids is 1. The summed E-state index contributed by atoms with van der Waals surface area (Å²) in [5.41, 5.74) is 6.36. The largest absolute Gasteiger partial charge is 0.393 e. The third-order valence-corrected chi connectivity index (χ3v) is 3.36. The molecule has 0 bridgehead atoms. The zero-order valence-corrected chi connectivity index (χ0v) is 12.6. The molecule has 0 saturated carbocycles. The van der Waals surface area contributed by atoms with Crippen molar-refractivity contribution in [2.75, 3.05) is 12.8 Å². The van der Waals surface area contributed by atoms with Gasteiger partial charge >= 0.3 is 0 Å². The van der Waals surface area contributed by atoms with Crippen molar-refractivity contribution in [3.8, 4) is 0 Å². The van der Waals surface area contributed by atoms with Crippen molar-refractivity contribution in [1.82, 2.24) is 4.90 Å².